The first-order valence-electron chi connectivity index (χ1n) is 7.82. The smallest absolute Gasteiger partial charge is 0.220 e. The maximum Gasteiger partial charge on any atom is 0.220 e. The van der Waals surface area contributed by atoms with Crippen LogP contribution in [0.4, 0.5) is 0 Å². The summed E-state index contributed by atoms with van der Waals surface area (Å²) in [7, 11) is 0. The molecule has 0 saturated carbocycles. The Hall–Kier alpha value is -1.81. The van der Waals surface area contributed by atoms with Gasteiger partial charge in [-0.15, -0.1) is 0 Å². The lowest BCUT2D eigenvalue weighted by molar-refractivity contribution is -0.122. The molecule has 1 aromatic heterocycles. The fourth-order valence-electron chi connectivity index (χ4n) is 3.11. The molecule has 21 heavy (non-hydrogen) atoms. The second kappa shape index (κ2) is 6.31. The van der Waals surface area contributed by atoms with Gasteiger partial charge in [-0.3, -0.25) is 4.79 Å². The van der Waals surface area contributed by atoms with Gasteiger partial charge in [0.15, 0.2) is 0 Å². The SMILES string of the molecule is CC1NCCCC1NC(=O)CCc1c[nH]c2ccccc12. The molecule has 0 spiro atoms. The van der Waals surface area contributed by atoms with Crippen LogP contribution in [-0.2, 0) is 11.2 Å². The van der Waals surface area contributed by atoms with Crippen molar-refractivity contribution in [2.45, 2.75) is 44.7 Å². The molecule has 0 radical (unpaired) electrons. The second-order valence-corrected chi connectivity index (χ2v) is 5.92. The van der Waals surface area contributed by atoms with Gasteiger partial charge in [-0.1, -0.05) is 18.2 Å². The minimum atomic E-state index is 0.154. The normalized spacial score (nSPS) is 22.3. The fraction of sp³-hybridized carbons (Fsp3) is 0.471. The van der Waals surface area contributed by atoms with Crippen LogP contribution in [0.15, 0.2) is 30.5 Å². The third-order valence-corrected chi connectivity index (χ3v) is 4.40. The van der Waals surface area contributed by atoms with E-state index in [-0.39, 0.29) is 11.9 Å². The summed E-state index contributed by atoms with van der Waals surface area (Å²) in [5.41, 5.74) is 2.36. The maximum absolute atomic E-state index is 12.1. The molecule has 1 aliphatic rings. The number of hydrogen-bond acceptors (Lipinski definition) is 2. The molecule has 112 valence electrons. The third-order valence-electron chi connectivity index (χ3n) is 4.40. The van der Waals surface area contributed by atoms with E-state index >= 15 is 0 Å². The predicted octanol–water partition coefficient (Wildman–Crippen LogP) is 2.36. The number of fused-ring (bicyclic) bond motifs is 1. The Morgan fingerprint density at radius 1 is 1.38 bits per heavy atom. The first-order valence-corrected chi connectivity index (χ1v) is 7.82. The molecule has 1 saturated heterocycles. The van der Waals surface area contributed by atoms with Crippen LogP contribution in [0.1, 0.15) is 31.7 Å². The Labute approximate surface area is 125 Å². The summed E-state index contributed by atoms with van der Waals surface area (Å²) in [6.07, 6.45) is 5.56. The largest absolute Gasteiger partial charge is 0.361 e. The monoisotopic (exact) mass is 285 g/mol. The number of aryl methyl sites for hydroxylation is 1. The molecule has 1 aliphatic heterocycles. The molecule has 2 unspecified atom stereocenters. The summed E-state index contributed by atoms with van der Waals surface area (Å²) in [6.45, 7) is 3.20. The van der Waals surface area contributed by atoms with E-state index in [2.05, 4.69) is 34.7 Å². The zero-order chi connectivity index (χ0) is 14.7. The fourth-order valence-corrected chi connectivity index (χ4v) is 3.11. The van der Waals surface area contributed by atoms with Crippen molar-refractivity contribution in [2.75, 3.05) is 6.54 Å². The van der Waals surface area contributed by atoms with Gasteiger partial charge >= 0.3 is 0 Å². The van der Waals surface area contributed by atoms with E-state index in [9.17, 15) is 4.79 Å². The molecule has 0 aliphatic carbocycles. The van der Waals surface area contributed by atoms with Crippen molar-refractivity contribution < 1.29 is 4.79 Å². The number of para-hydroxylation sites is 1. The number of benzene rings is 1. The van der Waals surface area contributed by atoms with Crippen LogP contribution in [0.5, 0.6) is 0 Å². The summed E-state index contributed by atoms with van der Waals surface area (Å²) in [5.74, 6) is 0.154. The molecule has 4 heteroatoms. The lowest BCUT2D eigenvalue weighted by Gasteiger charge is -2.30. The minimum absolute atomic E-state index is 0.154. The molecular weight excluding hydrogens is 262 g/mol. The van der Waals surface area contributed by atoms with Gasteiger partial charge in [-0.05, 0) is 44.4 Å². The summed E-state index contributed by atoms with van der Waals surface area (Å²) in [4.78, 5) is 15.4. The lowest BCUT2D eigenvalue weighted by atomic mass is 9.99. The van der Waals surface area contributed by atoms with Gasteiger partial charge in [-0.25, -0.2) is 0 Å². The zero-order valence-corrected chi connectivity index (χ0v) is 12.5. The van der Waals surface area contributed by atoms with Crippen molar-refractivity contribution in [1.29, 1.82) is 0 Å². The number of aromatic amines is 1. The first kappa shape index (κ1) is 14.1. The van der Waals surface area contributed by atoms with Crippen LogP contribution >= 0.6 is 0 Å². The average molecular weight is 285 g/mol. The van der Waals surface area contributed by atoms with Gasteiger partial charge in [0, 0.05) is 35.6 Å². The topological polar surface area (TPSA) is 56.9 Å². The number of aromatic nitrogens is 1. The maximum atomic E-state index is 12.1. The van der Waals surface area contributed by atoms with Gasteiger partial charge in [-0.2, -0.15) is 0 Å². The second-order valence-electron chi connectivity index (χ2n) is 5.92. The number of hydrogen-bond donors (Lipinski definition) is 3. The molecule has 0 bridgehead atoms. The minimum Gasteiger partial charge on any atom is -0.361 e. The van der Waals surface area contributed by atoms with E-state index in [1.54, 1.807) is 0 Å². The summed E-state index contributed by atoms with van der Waals surface area (Å²) >= 11 is 0. The van der Waals surface area contributed by atoms with Crippen molar-refractivity contribution in [3.05, 3.63) is 36.0 Å². The first-order chi connectivity index (χ1) is 10.2. The van der Waals surface area contributed by atoms with Crippen LogP contribution < -0.4 is 10.6 Å². The van der Waals surface area contributed by atoms with Crippen molar-refractivity contribution in [3.8, 4) is 0 Å². The number of nitrogens with one attached hydrogen (secondary N) is 3. The Balaban J connectivity index is 1.56. The number of rotatable bonds is 4. The lowest BCUT2D eigenvalue weighted by Crippen LogP contribution is -2.51. The van der Waals surface area contributed by atoms with E-state index in [0.29, 0.717) is 12.5 Å². The van der Waals surface area contributed by atoms with E-state index < -0.39 is 0 Å². The molecule has 2 atom stereocenters. The van der Waals surface area contributed by atoms with Crippen LogP contribution in [0, 0.1) is 0 Å². The van der Waals surface area contributed by atoms with Crippen molar-refractivity contribution >= 4 is 16.8 Å². The molecule has 1 amide bonds. The molecule has 3 N–H and O–H groups in total. The van der Waals surface area contributed by atoms with Gasteiger partial charge in [0.2, 0.25) is 5.91 Å². The predicted molar refractivity (Wildman–Crippen MR) is 85.2 cm³/mol. The van der Waals surface area contributed by atoms with Gasteiger partial charge in [0.25, 0.3) is 0 Å². The highest BCUT2D eigenvalue weighted by atomic mass is 16.1. The molecule has 3 rings (SSSR count). The summed E-state index contributed by atoms with van der Waals surface area (Å²) < 4.78 is 0. The number of carbonyl (C=O) groups is 1. The average Bonchev–Trinajstić information content (AvgIpc) is 2.91. The van der Waals surface area contributed by atoms with E-state index in [0.717, 1.165) is 31.3 Å². The van der Waals surface area contributed by atoms with Crippen LogP contribution in [0.25, 0.3) is 10.9 Å². The zero-order valence-electron chi connectivity index (χ0n) is 12.5. The van der Waals surface area contributed by atoms with Crippen molar-refractivity contribution in [3.63, 3.8) is 0 Å². The van der Waals surface area contributed by atoms with Gasteiger partial charge in [0.05, 0.1) is 0 Å². The Morgan fingerprint density at radius 3 is 3.10 bits per heavy atom. The van der Waals surface area contributed by atoms with Crippen molar-refractivity contribution in [2.24, 2.45) is 0 Å². The Morgan fingerprint density at radius 2 is 2.24 bits per heavy atom. The van der Waals surface area contributed by atoms with Crippen LogP contribution in [-0.4, -0.2) is 29.5 Å². The summed E-state index contributed by atoms with van der Waals surface area (Å²) in [6, 6.07) is 8.87. The summed E-state index contributed by atoms with van der Waals surface area (Å²) in [5, 5.41) is 7.80. The van der Waals surface area contributed by atoms with E-state index in [1.807, 2.05) is 18.3 Å². The standard InChI is InChI=1S/C17H23N3O/c1-12-15(7-4-10-18-12)20-17(21)9-8-13-11-19-16-6-3-2-5-14(13)16/h2-3,5-6,11-12,15,18-19H,4,7-10H2,1H3,(H,20,21). The third kappa shape index (κ3) is 3.27. The molecule has 1 aromatic carbocycles. The number of carbonyl (C=O) groups excluding carboxylic acids is 1. The highest BCUT2D eigenvalue weighted by molar-refractivity contribution is 5.84. The molecular formula is C17H23N3O. The van der Waals surface area contributed by atoms with Crippen LogP contribution in [0.2, 0.25) is 0 Å². The van der Waals surface area contributed by atoms with Gasteiger partial charge in [0.1, 0.15) is 0 Å². The highest BCUT2D eigenvalue weighted by Gasteiger charge is 2.22. The van der Waals surface area contributed by atoms with Crippen LogP contribution in [0.3, 0.4) is 0 Å². The highest BCUT2D eigenvalue weighted by Crippen LogP contribution is 2.19. The molecule has 4 nitrogen and oxygen atoms in total. The van der Waals surface area contributed by atoms with E-state index in [4.69, 9.17) is 0 Å². The Kier molecular flexibility index (Phi) is 4.25. The van der Waals surface area contributed by atoms with E-state index in [1.165, 1.54) is 10.9 Å². The van der Waals surface area contributed by atoms with Crippen molar-refractivity contribution in [1.82, 2.24) is 15.6 Å². The number of piperidine rings is 1. The molecule has 2 heterocycles. The number of H-pyrrole nitrogens is 1. The molecule has 1 fully saturated rings. The number of amides is 1. The quantitative estimate of drug-likeness (QED) is 0.807. The van der Waals surface area contributed by atoms with Gasteiger partial charge < -0.3 is 15.6 Å². The Bertz CT molecular complexity index is 619. The molecule has 2 aromatic rings.